The molecule has 0 spiro atoms. The molecule has 0 amide bonds. The Bertz CT molecular complexity index is 740. The highest BCUT2D eigenvalue weighted by Crippen LogP contribution is 2.34. The number of aryl methyl sites for hydroxylation is 1. The molecule has 0 unspecified atom stereocenters. The Labute approximate surface area is 125 Å². The summed E-state index contributed by atoms with van der Waals surface area (Å²) in [5.41, 5.74) is 1.21. The van der Waals surface area contributed by atoms with Crippen LogP contribution in [0.4, 0.5) is 0 Å². The first kappa shape index (κ1) is 12.7. The molecule has 3 rings (SSSR count). The van der Waals surface area contributed by atoms with Crippen LogP contribution in [0.15, 0.2) is 69.1 Å². The molecule has 94 valence electrons. The van der Waals surface area contributed by atoms with Crippen LogP contribution in [0.25, 0.3) is 10.8 Å². The van der Waals surface area contributed by atoms with E-state index in [-0.39, 0.29) is 0 Å². The predicted octanol–water partition coefficient (Wildman–Crippen LogP) is 5.46. The van der Waals surface area contributed by atoms with E-state index in [2.05, 4.69) is 70.3 Å². The lowest BCUT2D eigenvalue weighted by molar-refractivity contribution is 1.08. The lowest BCUT2D eigenvalue weighted by atomic mass is 10.1. The highest BCUT2D eigenvalue weighted by molar-refractivity contribution is 9.10. The van der Waals surface area contributed by atoms with Crippen molar-refractivity contribution in [2.75, 3.05) is 0 Å². The number of pyridine rings is 1. The van der Waals surface area contributed by atoms with Crippen LogP contribution in [0.2, 0.25) is 0 Å². The normalized spacial score (nSPS) is 10.8. The maximum atomic E-state index is 4.43. The van der Waals surface area contributed by atoms with Gasteiger partial charge in [0, 0.05) is 11.1 Å². The molecule has 0 aliphatic rings. The monoisotopic (exact) mass is 329 g/mol. The number of rotatable bonds is 2. The van der Waals surface area contributed by atoms with Gasteiger partial charge in [0.05, 0.1) is 4.47 Å². The molecule has 0 bridgehead atoms. The van der Waals surface area contributed by atoms with Crippen molar-refractivity contribution in [1.29, 1.82) is 0 Å². The second-order valence-electron chi connectivity index (χ2n) is 4.36. The van der Waals surface area contributed by atoms with Crippen LogP contribution in [0.1, 0.15) is 5.56 Å². The van der Waals surface area contributed by atoms with E-state index < -0.39 is 0 Å². The zero-order chi connectivity index (χ0) is 13.2. The average Bonchev–Trinajstić information content (AvgIpc) is 2.44. The Morgan fingerprint density at radius 1 is 1.00 bits per heavy atom. The van der Waals surface area contributed by atoms with Crippen molar-refractivity contribution in [3.63, 3.8) is 0 Å². The van der Waals surface area contributed by atoms with Crippen LogP contribution in [0.5, 0.6) is 0 Å². The molecule has 0 aliphatic carbocycles. The SMILES string of the molecule is Cc1ccnc(Sc2ccc3ccccc3c2)c1Br. The van der Waals surface area contributed by atoms with Gasteiger partial charge in [-0.1, -0.05) is 42.1 Å². The zero-order valence-corrected chi connectivity index (χ0v) is 12.8. The Morgan fingerprint density at radius 3 is 2.63 bits per heavy atom. The van der Waals surface area contributed by atoms with Crippen molar-refractivity contribution in [2.45, 2.75) is 16.8 Å². The Kier molecular flexibility index (Phi) is 3.58. The Morgan fingerprint density at radius 2 is 1.79 bits per heavy atom. The van der Waals surface area contributed by atoms with E-state index in [4.69, 9.17) is 0 Å². The molecule has 0 aliphatic heterocycles. The number of halogens is 1. The quantitative estimate of drug-likeness (QED) is 0.619. The summed E-state index contributed by atoms with van der Waals surface area (Å²) in [4.78, 5) is 5.64. The zero-order valence-electron chi connectivity index (χ0n) is 10.4. The Hall–Kier alpha value is -1.32. The van der Waals surface area contributed by atoms with Gasteiger partial charge in [-0.05, 0) is 57.4 Å². The largest absolute Gasteiger partial charge is 0.248 e. The van der Waals surface area contributed by atoms with Gasteiger partial charge in [0.1, 0.15) is 5.03 Å². The van der Waals surface area contributed by atoms with Crippen molar-refractivity contribution in [3.05, 3.63) is 64.8 Å². The van der Waals surface area contributed by atoms with Crippen LogP contribution in [-0.2, 0) is 0 Å². The van der Waals surface area contributed by atoms with Gasteiger partial charge in [-0.25, -0.2) is 4.98 Å². The van der Waals surface area contributed by atoms with Crippen LogP contribution >= 0.6 is 27.7 Å². The maximum Gasteiger partial charge on any atom is 0.115 e. The molecule has 0 N–H and O–H groups in total. The molecule has 1 heterocycles. The van der Waals surface area contributed by atoms with Gasteiger partial charge < -0.3 is 0 Å². The second kappa shape index (κ2) is 5.35. The molecule has 0 saturated carbocycles. The van der Waals surface area contributed by atoms with E-state index in [0.29, 0.717) is 0 Å². The highest BCUT2D eigenvalue weighted by Gasteiger charge is 2.06. The van der Waals surface area contributed by atoms with Gasteiger partial charge in [-0.2, -0.15) is 0 Å². The summed E-state index contributed by atoms with van der Waals surface area (Å²) >= 11 is 5.29. The van der Waals surface area contributed by atoms with E-state index in [9.17, 15) is 0 Å². The van der Waals surface area contributed by atoms with Crippen LogP contribution in [0.3, 0.4) is 0 Å². The summed E-state index contributed by atoms with van der Waals surface area (Å²) in [6.45, 7) is 2.08. The van der Waals surface area contributed by atoms with E-state index in [0.717, 1.165) is 9.50 Å². The van der Waals surface area contributed by atoms with Gasteiger partial charge in [0.25, 0.3) is 0 Å². The predicted molar refractivity (Wildman–Crippen MR) is 84.7 cm³/mol. The van der Waals surface area contributed by atoms with Gasteiger partial charge in [-0.3, -0.25) is 0 Å². The first-order valence-corrected chi connectivity index (χ1v) is 7.63. The fraction of sp³-hybridized carbons (Fsp3) is 0.0625. The smallest absolute Gasteiger partial charge is 0.115 e. The number of fused-ring (bicyclic) bond motifs is 1. The molecule has 2 aromatic carbocycles. The fourth-order valence-electron chi connectivity index (χ4n) is 1.93. The number of hydrogen-bond donors (Lipinski definition) is 0. The minimum atomic E-state index is 1.01. The Balaban J connectivity index is 1.99. The van der Waals surface area contributed by atoms with Crippen LogP contribution in [0, 0.1) is 6.92 Å². The van der Waals surface area contributed by atoms with E-state index in [1.165, 1.54) is 21.2 Å². The minimum absolute atomic E-state index is 1.01. The van der Waals surface area contributed by atoms with Crippen molar-refractivity contribution < 1.29 is 0 Å². The number of aromatic nitrogens is 1. The maximum absolute atomic E-state index is 4.43. The summed E-state index contributed by atoms with van der Waals surface area (Å²) in [6.07, 6.45) is 1.85. The molecular weight excluding hydrogens is 318 g/mol. The molecule has 0 fully saturated rings. The molecule has 3 heteroatoms. The summed E-state index contributed by atoms with van der Waals surface area (Å²) in [7, 11) is 0. The number of nitrogens with zero attached hydrogens (tertiary/aromatic N) is 1. The van der Waals surface area contributed by atoms with Crippen LogP contribution in [-0.4, -0.2) is 4.98 Å². The van der Waals surface area contributed by atoms with Crippen molar-refractivity contribution in [3.8, 4) is 0 Å². The molecule has 0 saturated heterocycles. The molecule has 0 radical (unpaired) electrons. The van der Waals surface area contributed by atoms with Crippen LogP contribution < -0.4 is 0 Å². The first-order chi connectivity index (χ1) is 9.24. The van der Waals surface area contributed by atoms with Crippen molar-refractivity contribution >= 4 is 38.5 Å². The van der Waals surface area contributed by atoms with Gasteiger partial charge in [-0.15, -0.1) is 0 Å². The molecular formula is C16H12BrNS. The lowest BCUT2D eigenvalue weighted by Gasteiger charge is -2.06. The van der Waals surface area contributed by atoms with Gasteiger partial charge in [0.2, 0.25) is 0 Å². The lowest BCUT2D eigenvalue weighted by Crippen LogP contribution is -1.85. The average molecular weight is 330 g/mol. The second-order valence-corrected chi connectivity index (χ2v) is 6.21. The van der Waals surface area contributed by atoms with E-state index in [1.54, 1.807) is 11.8 Å². The highest BCUT2D eigenvalue weighted by atomic mass is 79.9. The fourth-order valence-corrected chi connectivity index (χ4v) is 3.32. The van der Waals surface area contributed by atoms with Gasteiger partial charge >= 0.3 is 0 Å². The van der Waals surface area contributed by atoms with Gasteiger partial charge in [0.15, 0.2) is 0 Å². The third kappa shape index (κ3) is 2.67. The molecule has 0 atom stereocenters. The molecule has 3 aromatic rings. The van der Waals surface area contributed by atoms with E-state index in [1.807, 2.05) is 12.3 Å². The van der Waals surface area contributed by atoms with Crippen molar-refractivity contribution in [2.24, 2.45) is 0 Å². The molecule has 1 aromatic heterocycles. The third-order valence-electron chi connectivity index (χ3n) is 2.99. The molecule has 19 heavy (non-hydrogen) atoms. The topological polar surface area (TPSA) is 12.9 Å². The summed E-state index contributed by atoms with van der Waals surface area (Å²) in [5.74, 6) is 0. The minimum Gasteiger partial charge on any atom is -0.248 e. The summed E-state index contributed by atoms with van der Waals surface area (Å²) in [6, 6.07) is 16.9. The van der Waals surface area contributed by atoms with E-state index >= 15 is 0 Å². The molecule has 1 nitrogen and oxygen atoms in total. The third-order valence-corrected chi connectivity index (χ3v) is 5.24. The first-order valence-electron chi connectivity index (χ1n) is 6.02. The van der Waals surface area contributed by atoms with Crippen molar-refractivity contribution in [1.82, 2.24) is 4.98 Å². The summed E-state index contributed by atoms with van der Waals surface area (Å²) in [5, 5.41) is 3.54. The number of benzene rings is 2. The standard InChI is InChI=1S/C16H12BrNS/c1-11-8-9-18-16(15(11)17)19-14-7-6-12-4-2-3-5-13(12)10-14/h2-10H,1H3. The number of hydrogen-bond acceptors (Lipinski definition) is 2. The summed E-state index contributed by atoms with van der Waals surface area (Å²) < 4.78 is 1.08.